The quantitative estimate of drug-likeness (QED) is 0.268. The van der Waals surface area contributed by atoms with Crippen LogP contribution in [0.25, 0.3) is 0 Å². The van der Waals surface area contributed by atoms with Crippen LogP contribution in [-0.2, 0) is 22.6 Å². The van der Waals surface area contributed by atoms with Crippen molar-refractivity contribution in [2.45, 2.75) is 51.4 Å². The van der Waals surface area contributed by atoms with Crippen LogP contribution in [0.4, 0.5) is 0 Å². The van der Waals surface area contributed by atoms with Gasteiger partial charge in [0.15, 0.2) is 0 Å². The zero-order chi connectivity index (χ0) is 31.9. The molecule has 2 unspecified atom stereocenters. The van der Waals surface area contributed by atoms with E-state index in [1.807, 2.05) is 66.5 Å². The van der Waals surface area contributed by atoms with E-state index >= 15 is 0 Å². The minimum Gasteiger partial charge on any atom is -0.344 e. The molecule has 0 saturated carbocycles. The number of carbonyl (C=O) groups is 2. The van der Waals surface area contributed by atoms with Crippen LogP contribution >= 0.6 is 23.2 Å². The first-order chi connectivity index (χ1) is 21.8. The van der Waals surface area contributed by atoms with Gasteiger partial charge >= 0.3 is 0 Å². The lowest BCUT2D eigenvalue weighted by atomic mass is 10.0. The largest absolute Gasteiger partial charge is 0.344 e. The average molecular weight is 651 g/mol. The van der Waals surface area contributed by atoms with E-state index in [1.165, 1.54) is 11.1 Å². The van der Waals surface area contributed by atoms with Gasteiger partial charge in [0.25, 0.3) is 0 Å². The van der Waals surface area contributed by atoms with Gasteiger partial charge in [-0.15, -0.1) is 0 Å². The van der Waals surface area contributed by atoms with Gasteiger partial charge in [0.05, 0.1) is 0 Å². The minimum atomic E-state index is -0.665. The Bertz CT molecular complexity index is 1440. The van der Waals surface area contributed by atoms with Gasteiger partial charge in [-0.25, -0.2) is 0 Å². The highest BCUT2D eigenvalue weighted by Gasteiger charge is 2.34. The van der Waals surface area contributed by atoms with Crippen molar-refractivity contribution >= 4 is 35.0 Å². The van der Waals surface area contributed by atoms with E-state index in [0.29, 0.717) is 31.0 Å². The predicted molar refractivity (Wildman–Crippen MR) is 182 cm³/mol. The molecule has 0 aromatic heterocycles. The molecule has 0 bridgehead atoms. The maximum atomic E-state index is 14.1. The molecule has 3 aromatic carbocycles. The Morgan fingerprint density at radius 2 is 1.58 bits per heavy atom. The summed E-state index contributed by atoms with van der Waals surface area (Å²) in [4.78, 5) is 36.6. The molecule has 5 rings (SSSR count). The van der Waals surface area contributed by atoms with Crippen molar-refractivity contribution in [2.24, 2.45) is 0 Å². The fourth-order valence-corrected chi connectivity index (χ4v) is 7.11. The number of likely N-dealkylation sites (N-methyl/N-ethyl adjacent to an activating group) is 1. The van der Waals surface area contributed by atoms with Crippen LogP contribution in [-0.4, -0.2) is 90.3 Å². The Kier molecular flexibility index (Phi) is 11.6. The molecular formula is C36H45Cl2N5O2. The van der Waals surface area contributed by atoms with Gasteiger partial charge in [0.1, 0.15) is 6.04 Å². The van der Waals surface area contributed by atoms with Crippen molar-refractivity contribution in [3.05, 3.63) is 105 Å². The number of fused-ring (bicyclic) bond motifs is 1. The molecule has 1 saturated heterocycles. The summed E-state index contributed by atoms with van der Waals surface area (Å²) >= 11 is 12.8. The molecule has 240 valence electrons. The standard InChI is InChI=1S/C36H45Cl2N5O2/c1-4-41(5-2)25-34(30-12-8-9-13-31(30)38)42-18-20-43(21-19-42)36(45)32(22-26-14-16-28(37)17-15-26)39-35(44)23-33-29-11-7-6-10-27(29)24-40(33)3/h6-17,32-34H,4-5,18-25H2,1-3H3,(H,39,44)/t32-,33?,34?/m1/s1. The fraction of sp³-hybridized carbons (Fsp3) is 0.444. The van der Waals surface area contributed by atoms with E-state index in [0.717, 1.165) is 55.4 Å². The third-order valence-electron chi connectivity index (χ3n) is 9.39. The van der Waals surface area contributed by atoms with Crippen molar-refractivity contribution in [1.82, 2.24) is 24.9 Å². The molecule has 45 heavy (non-hydrogen) atoms. The van der Waals surface area contributed by atoms with Gasteiger partial charge in [0.2, 0.25) is 11.8 Å². The van der Waals surface area contributed by atoms with E-state index in [2.05, 4.69) is 52.1 Å². The number of halogens is 2. The predicted octanol–water partition coefficient (Wildman–Crippen LogP) is 5.82. The summed E-state index contributed by atoms with van der Waals surface area (Å²) in [5, 5.41) is 4.55. The van der Waals surface area contributed by atoms with E-state index < -0.39 is 6.04 Å². The van der Waals surface area contributed by atoms with Crippen LogP contribution in [0.1, 0.15) is 54.6 Å². The number of nitrogens with one attached hydrogen (secondary N) is 1. The second kappa shape index (κ2) is 15.6. The summed E-state index contributed by atoms with van der Waals surface area (Å²) < 4.78 is 0. The molecule has 1 fully saturated rings. The van der Waals surface area contributed by atoms with E-state index in [4.69, 9.17) is 23.2 Å². The Labute approximate surface area is 278 Å². The molecule has 0 aliphatic carbocycles. The Morgan fingerprint density at radius 3 is 2.27 bits per heavy atom. The third kappa shape index (κ3) is 8.27. The summed E-state index contributed by atoms with van der Waals surface area (Å²) in [6.45, 7) is 10.6. The highest BCUT2D eigenvalue weighted by Crippen LogP contribution is 2.34. The van der Waals surface area contributed by atoms with Crippen molar-refractivity contribution in [1.29, 1.82) is 0 Å². The smallest absolute Gasteiger partial charge is 0.245 e. The molecule has 2 heterocycles. The van der Waals surface area contributed by atoms with Crippen molar-refractivity contribution in [3.63, 3.8) is 0 Å². The number of nitrogens with zero attached hydrogens (tertiary/aromatic N) is 4. The first kappa shape index (κ1) is 33.4. The molecule has 9 heteroatoms. The van der Waals surface area contributed by atoms with Crippen molar-refractivity contribution < 1.29 is 9.59 Å². The molecule has 2 aliphatic heterocycles. The number of benzene rings is 3. The summed E-state index contributed by atoms with van der Waals surface area (Å²) in [5.41, 5.74) is 4.51. The summed E-state index contributed by atoms with van der Waals surface area (Å²) in [7, 11) is 2.05. The van der Waals surface area contributed by atoms with E-state index in [1.54, 1.807) is 0 Å². The molecule has 2 aliphatic rings. The van der Waals surface area contributed by atoms with Gasteiger partial charge < -0.3 is 15.1 Å². The van der Waals surface area contributed by atoms with Gasteiger partial charge in [-0.1, -0.05) is 91.6 Å². The van der Waals surface area contributed by atoms with Crippen LogP contribution in [0.3, 0.4) is 0 Å². The summed E-state index contributed by atoms with van der Waals surface area (Å²) in [6.07, 6.45) is 0.708. The number of hydrogen-bond donors (Lipinski definition) is 1. The van der Waals surface area contributed by atoms with Gasteiger partial charge in [-0.05, 0) is 60.6 Å². The van der Waals surface area contributed by atoms with Crippen LogP contribution < -0.4 is 5.32 Å². The van der Waals surface area contributed by atoms with Crippen LogP contribution in [0.5, 0.6) is 0 Å². The minimum absolute atomic E-state index is 0.0106. The number of amides is 2. The first-order valence-corrected chi connectivity index (χ1v) is 16.8. The SMILES string of the molecule is CCN(CC)CC(c1ccccc1Cl)N1CCN(C(=O)[C@@H](Cc2ccc(Cl)cc2)NC(=O)CC2c3ccccc3CN2C)CC1. The maximum absolute atomic E-state index is 14.1. The van der Waals surface area contributed by atoms with Crippen molar-refractivity contribution in [2.75, 3.05) is 52.9 Å². The third-order valence-corrected chi connectivity index (χ3v) is 9.98. The molecule has 7 nitrogen and oxygen atoms in total. The molecule has 3 atom stereocenters. The average Bonchev–Trinajstić information content (AvgIpc) is 3.37. The summed E-state index contributed by atoms with van der Waals surface area (Å²) in [5.74, 6) is -0.163. The lowest BCUT2D eigenvalue weighted by molar-refractivity contribution is -0.138. The number of hydrogen-bond acceptors (Lipinski definition) is 5. The molecule has 1 N–H and O–H groups in total. The van der Waals surface area contributed by atoms with Crippen LogP contribution in [0.15, 0.2) is 72.8 Å². The highest BCUT2D eigenvalue weighted by molar-refractivity contribution is 6.31. The molecule has 2 amide bonds. The second-order valence-corrected chi connectivity index (χ2v) is 13.0. The molecule has 0 radical (unpaired) electrons. The summed E-state index contributed by atoms with van der Waals surface area (Å²) in [6, 6.07) is 23.3. The van der Waals surface area contributed by atoms with E-state index in [-0.39, 0.29) is 23.9 Å². The number of rotatable bonds is 12. The molecule has 0 spiro atoms. The number of carbonyl (C=O) groups excluding carboxylic acids is 2. The Balaban J connectivity index is 1.29. The van der Waals surface area contributed by atoms with Gasteiger partial charge in [-0.3, -0.25) is 19.4 Å². The molecule has 3 aromatic rings. The molecular weight excluding hydrogens is 605 g/mol. The van der Waals surface area contributed by atoms with E-state index in [9.17, 15) is 9.59 Å². The lowest BCUT2D eigenvalue weighted by Gasteiger charge is -2.42. The topological polar surface area (TPSA) is 59.1 Å². The monoisotopic (exact) mass is 649 g/mol. The van der Waals surface area contributed by atoms with Crippen LogP contribution in [0.2, 0.25) is 10.0 Å². The van der Waals surface area contributed by atoms with Gasteiger partial charge in [0, 0.05) is 74.2 Å². The number of piperazine rings is 1. The fourth-order valence-electron chi connectivity index (χ4n) is 6.73. The maximum Gasteiger partial charge on any atom is 0.245 e. The zero-order valence-corrected chi connectivity index (χ0v) is 28.1. The lowest BCUT2D eigenvalue weighted by Crippen LogP contribution is -2.56. The first-order valence-electron chi connectivity index (χ1n) is 16.1. The van der Waals surface area contributed by atoms with Crippen LogP contribution in [0, 0.1) is 0 Å². The second-order valence-electron chi connectivity index (χ2n) is 12.2. The highest BCUT2D eigenvalue weighted by atomic mass is 35.5. The Morgan fingerprint density at radius 1 is 0.911 bits per heavy atom. The van der Waals surface area contributed by atoms with Crippen molar-refractivity contribution in [3.8, 4) is 0 Å². The normalized spacial score (nSPS) is 18.5. The van der Waals surface area contributed by atoms with Gasteiger partial charge in [-0.2, -0.15) is 0 Å². The zero-order valence-electron chi connectivity index (χ0n) is 26.6. The Hall–Kier alpha value is -2.94.